The molecule has 2 saturated carbocycles. The van der Waals surface area contributed by atoms with E-state index in [1.165, 1.54) is 38.5 Å². The maximum atomic E-state index is 6.37. The summed E-state index contributed by atoms with van der Waals surface area (Å²) in [7, 11) is -8.57. The standard InChI is InChI=1S/C16H34O6Si4/c1-23-19-25(3,17-15-11-7-5-8-12-15)21-24(2)22-26(4,20-23)18-16-13-9-6-10-14-16/h15-16H,5-14H2,1-4H3. The minimum atomic E-state index is -2.74. The lowest BCUT2D eigenvalue weighted by Gasteiger charge is -2.41. The summed E-state index contributed by atoms with van der Waals surface area (Å²) in [6.45, 7) is 8.03. The normalized spacial score (nSPS) is 37.4. The fraction of sp³-hybridized carbons (Fsp3) is 1.00. The van der Waals surface area contributed by atoms with Gasteiger partial charge in [0.05, 0.1) is 0 Å². The second-order valence-electron chi connectivity index (χ2n) is 7.87. The molecule has 0 N–H and O–H groups in total. The van der Waals surface area contributed by atoms with Crippen LogP contribution in [0, 0.1) is 0 Å². The van der Waals surface area contributed by atoms with Gasteiger partial charge in [0, 0.05) is 25.3 Å². The van der Waals surface area contributed by atoms with Gasteiger partial charge in [-0.05, 0) is 38.8 Å². The van der Waals surface area contributed by atoms with Crippen LogP contribution in [0.5, 0.6) is 0 Å². The zero-order chi connectivity index (χ0) is 18.6. The van der Waals surface area contributed by atoms with E-state index >= 15 is 0 Å². The molecule has 10 heteroatoms. The molecular weight excluding hydrogens is 401 g/mol. The van der Waals surface area contributed by atoms with E-state index in [1.54, 1.807) is 0 Å². The SMILES string of the molecule is C[Si]1O[Si](C)(OC2CCCCC2)O[Si](C)O[Si](C)(OC2CCCCC2)O1. The Labute approximate surface area is 164 Å². The van der Waals surface area contributed by atoms with Gasteiger partial charge in [-0.1, -0.05) is 38.5 Å². The van der Waals surface area contributed by atoms with Gasteiger partial charge in [0.2, 0.25) is 0 Å². The Kier molecular flexibility index (Phi) is 7.73. The largest absolute Gasteiger partial charge is 0.479 e. The molecule has 0 aromatic heterocycles. The van der Waals surface area contributed by atoms with Crippen molar-refractivity contribution in [1.29, 1.82) is 0 Å². The highest BCUT2D eigenvalue weighted by molar-refractivity contribution is 6.81. The van der Waals surface area contributed by atoms with Crippen LogP contribution in [0.3, 0.4) is 0 Å². The second kappa shape index (κ2) is 9.42. The van der Waals surface area contributed by atoms with Crippen LogP contribution in [0.2, 0.25) is 26.2 Å². The van der Waals surface area contributed by atoms with Crippen molar-refractivity contribution in [3.05, 3.63) is 0 Å². The average molecular weight is 435 g/mol. The van der Waals surface area contributed by atoms with Gasteiger partial charge in [0.15, 0.2) is 0 Å². The van der Waals surface area contributed by atoms with E-state index < -0.39 is 36.2 Å². The molecule has 3 rings (SSSR count). The van der Waals surface area contributed by atoms with Gasteiger partial charge in [-0.25, -0.2) is 0 Å². The first kappa shape index (κ1) is 21.3. The average Bonchev–Trinajstić information content (AvgIpc) is 2.54. The lowest BCUT2D eigenvalue weighted by molar-refractivity contribution is 0.0430. The van der Waals surface area contributed by atoms with Gasteiger partial charge in [0.25, 0.3) is 0 Å². The van der Waals surface area contributed by atoms with Crippen molar-refractivity contribution in [3.63, 3.8) is 0 Å². The predicted octanol–water partition coefficient (Wildman–Crippen LogP) is 4.14. The smallest absolute Gasteiger partial charge is 0.393 e. The fourth-order valence-electron chi connectivity index (χ4n) is 4.20. The molecule has 0 bridgehead atoms. The van der Waals surface area contributed by atoms with Crippen LogP contribution in [0.25, 0.3) is 0 Å². The molecule has 26 heavy (non-hydrogen) atoms. The van der Waals surface area contributed by atoms with Crippen LogP contribution in [0.15, 0.2) is 0 Å². The Morgan fingerprint density at radius 2 is 0.923 bits per heavy atom. The molecule has 1 saturated heterocycles. The van der Waals surface area contributed by atoms with E-state index in [9.17, 15) is 0 Å². The second-order valence-corrected chi connectivity index (χ2v) is 17.0. The molecule has 3 aliphatic rings. The zero-order valence-electron chi connectivity index (χ0n) is 16.7. The maximum absolute atomic E-state index is 6.37. The van der Waals surface area contributed by atoms with Crippen LogP contribution >= 0.6 is 0 Å². The summed E-state index contributed by atoms with van der Waals surface area (Å²) < 4.78 is 38.0. The summed E-state index contributed by atoms with van der Waals surface area (Å²) in [6, 6.07) is 0. The Bertz CT molecular complexity index is 392. The minimum Gasteiger partial charge on any atom is -0.393 e. The number of hydrogen-bond acceptors (Lipinski definition) is 6. The molecule has 0 aromatic carbocycles. The molecule has 0 unspecified atom stereocenters. The van der Waals surface area contributed by atoms with Gasteiger partial charge in [-0.2, -0.15) is 0 Å². The summed E-state index contributed by atoms with van der Waals surface area (Å²) in [5, 5.41) is 0. The van der Waals surface area contributed by atoms with Gasteiger partial charge in [-0.3, -0.25) is 0 Å². The topological polar surface area (TPSA) is 55.4 Å². The Morgan fingerprint density at radius 1 is 0.615 bits per heavy atom. The van der Waals surface area contributed by atoms with Crippen LogP contribution in [-0.4, -0.2) is 48.4 Å². The summed E-state index contributed by atoms with van der Waals surface area (Å²) in [6.07, 6.45) is 12.5. The van der Waals surface area contributed by atoms with Crippen LogP contribution in [0.4, 0.5) is 0 Å². The Morgan fingerprint density at radius 3 is 1.23 bits per heavy atom. The van der Waals surface area contributed by atoms with Crippen molar-refractivity contribution in [3.8, 4) is 0 Å². The van der Waals surface area contributed by atoms with E-state index in [0.29, 0.717) is 0 Å². The van der Waals surface area contributed by atoms with Crippen molar-refractivity contribution in [2.75, 3.05) is 0 Å². The predicted molar refractivity (Wildman–Crippen MR) is 107 cm³/mol. The summed E-state index contributed by atoms with van der Waals surface area (Å²) in [4.78, 5) is 0. The van der Waals surface area contributed by atoms with Gasteiger partial charge in [0.1, 0.15) is 0 Å². The number of rotatable bonds is 4. The quantitative estimate of drug-likeness (QED) is 0.620. The van der Waals surface area contributed by atoms with E-state index in [4.69, 9.17) is 25.3 Å². The molecule has 2 radical (unpaired) electrons. The van der Waals surface area contributed by atoms with E-state index in [0.717, 1.165) is 25.7 Å². The number of hydrogen-bond donors (Lipinski definition) is 0. The van der Waals surface area contributed by atoms with E-state index in [-0.39, 0.29) is 12.2 Å². The van der Waals surface area contributed by atoms with Crippen molar-refractivity contribution in [1.82, 2.24) is 0 Å². The third-order valence-corrected chi connectivity index (χ3v) is 17.2. The molecule has 0 spiro atoms. The third kappa shape index (κ3) is 6.32. The van der Waals surface area contributed by atoms with Crippen LogP contribution < -0.4 is 0 Å². The van der Waals surface area contributed by atoms with Gasteiger partial charge >= 0.3 is 36.2 Å². The zero-order valence-corrected chi connectivity index (χ0v) is 20.7. The first-order valence-corrected chi connectivity index (χ1v) is 18.2. The molecule has 0 amide bonds. The van der Waals surface area contributed by atoms with Gasteiger partial charge < -0.3 is 25.3 Å². The summed E-state index contributed by atoms with van der Waals surface area (Å²) >= 11 is 0. The first-order chi connectivity index (χ1) is 12.4. The van der Waals surface area contributed by atoms with Crippen molar-refractivity contribution >= 4 is 36.2 Å². The van der Waals surface area contributed by atoms with Crippen LogP contribution in [0.1, 0.15) is 64.2 Å². The molecule has 1 aliphatic heterocycles. The molecule has 0 aromatic rings. The van der Waals surface area contributed by atoms with Crippen molar-refractivity contribution in [2.24, 2.45) is 0 Å². The lowest BCUT2D eigenvalue weighted by Crippen LogP contribution is -2.61. The molecule has 6 nitrogen and oxygen atoms in total. The molecule has 150 valence electrons. The highest BCUT2D eigenvalue weighted by atomic mass is 28.5. The molecule has 3 fully saturated rings. The highest BCUT2D eigenvalue weighted by Gasteiger charge is 2.51. The Balaban J connectivity index is 1.61. The Hall–Kier alpha value is 0.628. The molecular formula is C16H34O6Si4. The highest BCUT2D eigenvalue weighted by Crippen LogP contribution is 2.30. The van der Waals surface area contributed by atoms with E-state index in [1.807, 2.05) is 26.2 Å². The molecule has 1 heterocycles. The van der Waals surface area contributed by atoms with Gasteiger partial charge in [-0.15, -0.1) is 0 Å². The molecule has 0 atom stereocenters. The van der Waals surface area contributed by atoms with Crippen molar-refractivity contribution < 1.29 is 25.3 Å². The monoisotopic (exact) mass is 434 g/mol. The fourth-order valence-corrected chi connectivity index (χ4v) is 17.2. The maximum Gasteiger partial charge on any atom is 0.479 e. The lowest BCUT2D eigenvalue weighted by atomic mass is 9.98. The molecule has 2 aliphatic carbocycles. The summed E-state index contributed by atoms with van der Waals surface area (Å²) in [5.74, 6) is 0. The third-order valence-electron chi connectivity index (χ3n) is 5.18. The van der Waals surface area contributed by atoms with Crippen molar-refractivity contribution in [2.45, 2.75) is 103 Å². The first-order valence-electron chi connectivity index (χ1n) is 10.1. The van der Waals surface area contributed by atoms with Crippen LogP contribution in [-0.2, 0) is 25.3 Å². The summed E-state index contributed by atoms with van der Waals surface area (Å²) in [5.41, 5.74) is 0. The van der Waals surface area contributed by atoms with E-state index in [2.05, 4.69) is 0 Å². The minimum absolute atomic E-state index is 0.256.